The zero-order valence-electron chi connectivity index (χ0n) is 20.6. The second-order valence-electron chi connectivity index (χ2n) is 10.0. The van der Waals surface area contributed by atoms with Crippen LogP contribution in [0.1, 0.15) is 30.7 Å². The molecule has 2 fully saturated rings. The van der Waals surface area contributed by atoms with E-state index in [2.05, 4.69) is 20.0 Å². The Morgan fingerprint density at radius 3 is 2.81 bits per heavy atom. The van der Waals surface area contributed by atoms with Gasteiger partial charge in [0.2, 0.25) is 6.41 Å². The van der Waals surface area contributed by atoms with Crippen LogP contribution in [0.3, 0.4) is 0 Å². The third kappa shape index (κ3) is 6.01. The highest BCUT2D eigenvalue weighted by atomic mass is 35.5. The van der Waals surface area contributed by atoms with Crippen LogP contribution < -0.4 is 0 Å². The van der Waals surface area contributed by atoms with Crippen LogP contribution in [-0.4, -0.2) is 87.4 Å². The number of halogens is 1. The summed E-state index contributed by atoms with van der Waals surface area (Å²) < 4.78 is 30.6. The number of benzene rings is 1. The second-order valence-corrected chi connectivity index (χ2v) is 13.6. The first-order valence-electron chi connectivity index (χ1n) is 12.7. The van der Waals surface area contributed by atoms with E-state index in [-0.39, 0.29) is 30.1 Å². The molecular weight excluding hydrogens is 534 g/mol. The highest BCUT2D eigenvalue weighted by Crippen LogP contribution is 2.35. The number of piperidine rings is 1. The molecule has 12 heteroatoms. The van der Waals surface area contributed by atoms with Crippen LogP contribution in [0.25, 0.3) is 22.3 Å². The first-order valence-corrected chi connectivity index (χ1v) is 15.7. The Hall–Kier alpha value is -2.05. The minimum absolute atomic E-state index is 0.0353. The molecule has 2 saturated heterocycles. The van der Waals surface area contributed by atoms with Crippen molar-refractivity contribution in [2.45, 2.75) is 44.8 Å². The number of carbonyl (C=O) groups is 1. The number of amides is 1. The molecule has 0 aliphatic carbocycles. The molecule has 9 nitrogen and oxygen atoms in total. The van der Waals surface area contributed by atoms with E-state index in [4.69, 9.17) is 16.6 Å². The average molecular weight is 566 g/mol. The maximum atomic E-state index is 11.9. The van der Waals surface area contributed by atoms with Crippen molar-refractivity contribution in [1.82, 2.24) is 23.7 Å². The lowest BCUT2D eigenvalue weighted by Gasteiger charge is -2.37. The van der Waals surface area contributed by atoms with Gasteiger partial charge >= 0.3 is 0 Å². The van der Waals surface area contributed by atoms with Gasteiger partial charge in [-0.15, -0.1) is 0 Å². The standard InChI is InChI=1S/C25H32ClN5O4S2/c26-22-5-1-4-20-21(15-31(24(20)22)13-18-6-11-37(34,35)12-7-18)25-27-23(36-28-25)16-29-8-2-3-19(14-29)30(17-33)9-10-32/h1,4-5,15,17-19,32H,2-3,6-14,16H2/t19-/m0/s1. The number of likely N-dealkylation sites (tertiary alicyclic amines) is 1. The molecule has 0 radical (unpaired) electrons. The summed E-state index contributed by atoms with van der Waals surface area (Å²) >= 11 is 8.01. The van der Waals surface area contributed by atoms with Crippen LogP contribution in [0.5, 0.6) is 0 Å². The number of aromatic nitrogens is 3. The molecule has 200 valence electrons. The number of rotatable bonds is 9. The molecule has 1 atom stereocenters. The van der Waals surface area contributed by atoms with Gasteiger partial charge in [0.15, 0.2) is 5.82 Å². The van der Waals surface area contributed by atoms with Gasteiger partial charge in [-0.05, 0) is 55.7 Å². The number of hydrogen-bond donors (Lipinski definition) is 1. The molecule has 0 unspecified atom stereocenters. The van der Waals surface area contributed by atoms with Crippen LogP contribution in [0.15, 0.2) is 24.4 Å². The molecule has 0 saturated carbocycles. The summed E-state index contributed by atoms with van der Waals surface area (Å²) in [6.07, 6.45) is 6.14. The van der Waals surface area contributed by atoms with Crippen molar-refractivity contribution in [2.75, 3.05) is 37.7 Å². The van der Waals surface area contributed by atoms with Gasteiger partial charge in [-0.3, -0.25) is 9.69 Å². The van der Waals surface area contributed by atoms with Gasteiger partial charge in [-0.1, -0.05) is 23.7 Å². The number of fused-ring (bicyclic) bond motifs is 1. The predicted octanol–water partition coefficient (Wildman–Crippen LogP) is 3.05. The summed E-state index contributed by atoms with van der Waals surface area (Å²) in [7, 11) is -2.91. The van der Waals surface area contributed by atoms with E-state index in [0.29, 0.717) is 43.3 Å². The van der Waals surface area contributed by atoms with Crippen molar-refractivity contribution >= 4 is 50.3 Å². The normalized spacial score (nSPS) is 20.9. The van der Waals surface area contributed by atoms with Crippen molar-refractivity contribution < 1.29 is 18.3 Å². The van der Waals surface area contributed by atoms with E-state index in [9.17, 15) is 18.3 Å². The first-order chi connectivity index (χ1) is 17.9. The Morgan fingerprint density at radius 2 is 2.05 bits per heavy atom. The Balaban J connectivity index is 1.34. The largest absolute Gasteiger partial charge is 0.395 e. The summed E-state index contributed by atoms with van der Waals surface area (Å²) in [5.41, 5.74) is 1.86. The zero-order valence-corrected chi connectivity index (χ0v) is 23.0. The number of nitrogens with zero attached hydrogens (tertiary/aromatic N) is 5. The van der Waals surface area contributed by atoms with Crippen molar-refractivity contribution in [3.63, 3.8) is 0 Å². The molecule has 2 aromatic heterocycles. The summed E-state index contributed by atoms with van der Waals surface area (Å²) in [5, 5.41) is 11.8. The molecule has 4 heterocycles. The number of carbonyl (C=O) groups excluding carboxylic acids is 1. The fraction of sp³-hybridized carbons (Fsp3) is 0.560. The monoisotopic (exact) mass is 565 g/mol. The zero-order chi connectivity index (χ0) is 26.0. The lowest BCUT2D eigenvalue weighted by molar-refractivity contribution is -0.121. The first kappa shape index (κ1) is 26.6. The molecule has 5 rings (SSSR count). The van der Waals surface area contributed by atoms with E-state index in [0.717, 1.165) is 53.8 Å². The molecule has 2 aliphatic rings. The molecular formula is C25H32ClN5O4S2. The third-order valence-corrected chi connectivity index (χ3v) is 10.2. The number of hydrogen-bond acceptors (Lipinski definition) is 8. The molecule has 0 bridgehead atoms. The van der Waals surface area contributed by atoms with Crippen LogP contribution >= 0.6 is 23.1 Å². The Labute approximate surface area is 226 Å². The van der Waals surface area contributed by atoms with Crippen molar-refractivity contribution in [1.29, 1.82) is 0 Å². The van der Waals surface area contributed by atoms with E-state index < -0.39 is 9.84 Å². The van der Waals surface area contributed by atoms with Crippen LogP contribution in [0.2, 0.25) is 5.02 Å². The maximum Gasteiger partial charge on any atom is 0.210 e. The maximum absolute atomic E-state index is 11.9. The highest BCUT2D eigenvalue weighted by Gasteiger charge is 2.27. The average Bonchev–Trinajstić information content (AvgIpc) is 3.49. The second kappa shape index (κ2) is 11.4. The van der Waals surface area contributed by atoms with Gasteiger partial charge in [0.1, 0.15) is 14.8 Å². The lowest BCUT2D eigenvalue weighted by Crippen LogP contribution is -2.47. The molecule has 0 spiro atoms. The molecule has 2 aliphatic heterocycles. The van der Waals surface area contributed by atoms with Gasteiger partial charge in [-0.25, -0.2) is 13.4 Å². The van der Waals surface area contributed by atoms with E-state index in [1.165, 1.54) is 11.5 Å². The number of sulfone groups is 1. The lowest BCUT2D eigenvalue weighted by atomic mass is 10.0. The van der Waals surface area contributed by atoms with Gasteiger partial charge in [-0.2, -0.15) is 4.37 Å². The summed E-state index contributed by atoms with van der Waals surface area (Å²) in [4.78, 5) is 20.3. The van der Waals surface area contributed by atoms with Crippen molar-refractivity contribution in [3.8, 4) is 11.4 Å². The molecule has 1 amide bonds. The summed E-state index contributed by atoms with van der Waals surface area (Å²) in [5.74, 6) is 1.44. The molecule has 3 aromatic rings. The van der Waals surface area contributed by atoms with Crippen LogP contribution in [0, 0.1) is 5.92 Å². The third-order valence-electron chi connectivity index (χ3n) is 7.49. The van der Waals surface area contributed by atoms with Crippen molar-refractivity contribution in [3.05, 3.63) is 34.4 Å². The van der Waals surface area contributed by atoms with Crippen molar-refractivity contribution in [2.24, 2.45) is 5.92 Å². The fourth-order valence-corrected chi connectivity index (χ4v) is 8.11. The summed E-state index contributed by atoms with van der Waals surface area (Å²) in [6.45, 7) is 3.38. The van der Waals surface area contributed by atoms with Gasteiger partial charge < -0.3 is 14.6 Å². The molecule has 1 aromatic carbocycles. The number of aliphatic hydroxyl groups excluding tert-OH is 1. The topological polar surface area (TPSA) is 109 Å². The van der Waals surface area contributed by atoms with Gasteiger partial charge in [0, 0.05) is 42.8 Å². The predicted molar refractivity (Wildman–Crippen MR) is 145 cm³/mol. The van der Waals surface area contributed by atoms with Crippen LogP contribution in [0.4, 0.5) is 0 Å². The smallest absolute Gasteiger partial charge is 0.210 e. The van der Waals surface area contributed by atoms with Crippen LogP contribution in [-0.2, 0) is 27.7 Å². The number of aliphatic hydroxyl groups is 1. The van der Waals surface area contributed by atoms with E-state index in [1.807, 2.05) is 18.2 Å². The quantitative estimate of drug-likeness (QED) is 0.397. The Bertz CT molecular complexity index is 1340. The van der Waals surface area contributed by atoms with E-state index >= 15 is 0 Å². The fourth-order valence-electron chi connectivity index (χ4n) is 5.54. The SMILES string of the molecule is O=CN(CCO)[C@H]1CCCN(Cc2nc(-c3cn(CC4CCS(=O)(=O)CC4)c4c(Cl)cccc34)ns2)C1. The Morgan fingerprint density at radius 1 is 1.24 bits per heavy atom. The highest BCUT2D eigenvalue weighted by molar-refractivity contribution is 7.91. The molecule has 37 heavy (non-hydrogen) atoms. The Kier molecular flexibility index (Phi) is 8.16. The molecule has 1 N–H and O–H groups in total. The van der Waals surface area contributed by atoms with E-state index in [1.54, 1.807) is 4.90 Å². The number of para-hydroxylation sites is 1. The summed E-state index contributed by atoms with van der Waals surface area (Å²) in [6, 6.07) is 5.93. The van der Waals surface area contributed by atoms with Gasteiger partial charge in [0.05, 0.1) is 35.2 Å². The van der Waals surface area contributed by atoms with Gasteiger partial charge in [0.25, 0.3) is 0 Å². The minimum Gasteiger partial charge on any atom is -0.395 e. The minimum atomic E-state index is -2.91.